The first-order valence-corrected chi connectivity index (χ1v) is 6.55. The molecule has 17 heavy (non-hydrogen) atoms. The maximum Gasteiger partial charge on any atom is 0.345 e. The van der Waals surface area contributed by atoms with E-state index in [1.165, 1.54) is 6.07 Å². The zero-order valence-corrected chi connectivity index (χ0v) is 10.5. The SMILES string of the molecule is CC1CCCCN1C(=O)c1ccc(C(=O)O)s1. The van der Waals surface area contributed by atoms with Gasteiger partial charge in [0, 0.05) is 12.6 Å². The van der Waals surface area contributed by atoms with Crippen molar-refractivity contribution >= 4 is 23.2 Å². The number of piperidine rings is 1. The van der Waals surface area contributed by atoms with Gasteiger partial charge in [-0.2, -0.15) is 0 Å². The Morgan fingerprint density at radius 2 is 2.06 bits per heavy atom. The lowest BCUT2D eigenvalue weighted by atomic mass is 10.0. The Morgan fingerprint density at radius 3 is 2.65 bits per heavy atom. The summed E-state index contributed by atoms with van der Waals surface area (Å²) in [7, 11) is 0. The van der Waals surface area contributed by atoms with Crippen molar-refractivity contribution in [1.82, 2.24) is 4.90 Å². The molecular weight excluding hydrogens is 238 g/mol. The van der Waals surface area contributed by atoms with Crippen LogP contribution in [0.1, 0.15) is 45.5 Å². The molecule has 1 fully saturated rings. The van der Waals surface area contributed by atoms with Crippen LogP contribution in [-0.2, 0) is 0 Å². The highest BCUT2D eigenvalue weighted by Crippen LogP contribution is 2.23. The predicted molar refractivity (Wildman–Crippen MR) is 65.6 cm³/mol. The number of carboxylic acids is 1. The monoisotopic (exact) mass is 253 g/mol. The van der Waals surface area contributed by atoms with Crippen LogP contribution in [0.15, 0.2) is 12.1 Å². The Labute approximate surface area is 104 Å². The molecular formula is C12H15NO3S. The summed E-state index contributed by atoms with van der Waals surface area (Å²) in [6.07, 6.45) is 3.23. The standard InChI is InChI=1S/C12H15NO3S/c1-8-4-2-3-7-13(8)11(14)9-5-6-10(17-9)12(15)16/h5-6,8H,2-4,7H2,1H3,(H,15,16). The summed E-state index contributed by atoms with van der Waals surface area (Å²) < 4.78 is 0. The van der Waals surface area contributed by atoms with Crippen LogP contribution in [-0.4, -0.2) is 34.5 Å². The van der Waals surface area contributed by atoms with Crippen molar-refractivity contribution in [1.29, 1.82) is 0 Å². The number of likely N-dealkylation sites (tertiary alicyclic amines) is 1. The quantitative estimate of drug-likeness (QED) is 0.880. The van der Waals surface area contributed by atoms with Gasteiger partial charge < -0.3 is 10.0 Å². The number of carboxylic acid groups (broad SMARTS) is 1. The molecule has 0 spiro atoms. The third-order valence-electron chi connectivity index (χ3n) is 3.09. The Hall–Kier alpha value is -1.36. The van der Waals surface area contributed by atoms with E-state index < -0.39 is 5.97 Å². The van der Waals surface area contributed by atoms with Crippen LogP contribution in [0.4, 0.5) is 0 Å². The molecule has 4 nitrogen and oxygen atoms in total. The summed E-state index contributed by atoms with van der Waals surface area (Å²) in [5, 5.41) is 8.83. The van der Waals surface area contributed by atoms with Gasteiger partial charge in [0.25, 0.3) is 5.91 Å². The molecule has 0 bridgehead atoms. The van der Waals surface area contributed by atoms with E-state index in [9.17, 15) is 9.59 Å². The van der Waals surface area contributed by atoms with E-state index in [0.717, 1.165) is 37.1 Å². The lowest BCUT2D eigenvalue weighted by Crippen LogP contribution is -2.41. The Balaban J connectivity index is 2.15. The van der Waals surface area contributed by atoms with E-state index in [2.05, 4.69) is 0 Å². The third-order valence-corrected chi connectivity index (χ3v) is 4.15. The maximum atomic E-state index is 12.2. The van der Waals surface area contributed by atoms with Crippen molar-refractivity contribution in [2.75, 3.05) is 6.54 Å². The molecule has 0 aliphatic carbocycles. The van der Waals surface area contributed by atoms with Crippen LogP contribution in [0.5, 0.6) is 0 Å². The van der Waals surface area contributed by atoms with Crippen molar-refractivity contribution in [3.63, 3.8) is 0 Å². The van der Waals surface area contributed by atoms with E-state index in [-0.39, 0.29) is 16.8 Å². The number of hydrogen-bond acceptors (Lipinski definition) is 3. The van der Waals surface area contributed by atoms with E-state index in [1.54, 1.807) is 6.07 Å². The highest BCUT2D eigenvalue weighted by Gasteiger charge is 2.25. The lowest BCUT2D eigenvalue weighted by Gasteiger charge is -2.33. The second-order valence-electron chi connectivity index (χ2n) is 4.31. The molecule has 1 aromatic rings. The lowest BCUT2D eigenvalue weighted by molar-refractivity contribution is 0.0640. The van der Waals surface area contributed by atoms with E-state index in [0.29, 0.717) is 4.88 Å². The molecule has 92 valence electrons. The van der Waals surface area contributed by atoms with Gasteiger partial charge in [-0.05, 0) is 38.3 Å². The number of carbonyl (C=O) groups is 2. The Kier molecular flexibility index (Phi) is 3.47. The molecule has 0 aromatic carbocycles. The third kappa shape index (κ3) is 2.49. The molecule has 1 saturated heterocycles. The molecule has 2 rings (SSSR count). The van der Waals surface area contributed by atoms with Gasteiger partial charge in [-0.15, -0.1) is 11.3 Å². The van der Waals surface area contributed by atoms with Gasteiger partial charge in [0.05, 0.1) is 4.88 Å². The summed E-state index contributed by atoms with van der Waals surface area (Å²) in [6, 6.07) is 3.36. The molecule has 2 heterocycles. The average molecular weight is 253 g/mol. The van der Waals surface area contributed by atoms with Crippen molar-refractivity contribution in [3.8, 4) is 0 Å². The van der Waals surface area contributed by atoms with Gasteiger partial charge >= 0.3 is 5.97 Å². The topological polar surface area (TPSA) is 57.6 Å². The zero-order valence-electron chi connectivity index (χ0n) is 9.68. The molecule has 1 atom stereocenters. The van der Waals surface area contributed by atoms with Crippen molar-refractivity contribution in [3.05, 3.63) is 21.9 Å². The first-order chi connectivity index (χ1) is 8.09. The summed E-state index contributed by atoms with van der Waals surface area (Å²) in [6.45, 7) is 2.82. The zero-order chi connectivity index (χ0) is 12.4. The Morgan fingerprint density at radius 1 is 1.35 bits per heavy atom. The summed E-state index contributed by atoms with van der Waals surface area (Å²) >= 11 is 1.05. The number of aromatic carboxylic acids is 1. The molecule has 0 saturated carbocycles. The molecule has 1 aliphatic rings. The number of nitrogens with zero attached hydrogens (tertiary/aromatic N) is 1. The summed E-state index contributed by atoms with van der Waals surface area (Å²) in [5.41, 5.74) is 0. The van der Waals surface area contributed by atoms with Crippen LogP contribution >= 0.6 is 11.3 Å². The average Bonchev–Trinajstić information content (AvgIpc) is 2.78. The molecule has 0 radical (unpaired) electrons. The van der Waals surface area contributed by atoms with Gasteiger partial charge in [-0.1, -0.05) is 0 Å². The minimum absolute atomic E-state index is 0.0327. The number of carbonyl (C=O) groups excluding carboxylic acids is 1. The molecule has 1 aliphatic heterocycles. The molecule has 5 heteroatoms. The van der Waals surface area contributed by atoms with Gasteiger partial charge in [-0.25, -0.2) is 4.79 Å². The van der Waals surface area contributed by atoms with E-state index in [4.69, 9.17) is 5.11 Å². The van der Waals surface area contributed by atoms with E-state index >= 15 is 0 Å². The largest absolute Gasteiger partial charge is 0.477 e. The van der Waals surface area contributed by atoms with Crippen LogP contribution in [0.3, 0.4) is 0 Å². The normalized spacial score (nSPS) is 20.3. The van der Waals surface area contributed by atoms with Crippen LogP contribution < -0.4 is 0 Å². The van der Waals surface area contributed by atoms with E-state index in [1.807, 2.05) is 11.8 Å². The fourth-order valence-corrected chi connectivity index (χ4v) is 2.91. The summed E-state index contributed by atoms with van der Waals surface area (Å²) in [4.78, 5) is 25.5. The second-order valence-corrected chi connectivity index (χ2v) is 5.40. The minimum atomic E-state index is -0.972. The Bertz CT molecular complexity index is 441. The smallest absolute Gasteiger partial charge is 0.345 e. The minimum Gasteiger partial charge on any atom is -0.477 e. The maximum absolute atomic E-state index is 12.2. The first-order valence-electron chi connectivity index (χ1n) is 5.73. The summed E-state index contributed by atoms with van der Waals surface area (Å²) in [5.74, 6) is -1.00. The predicted octanol–water partition coefficient (Wildman–Crippen LogP) is 2.46. The van der Waals surface area contributed by atoms with Crippen molar-refractivity contribution in [2.45, 2.75) is 32.2 Å². The van der Waals surface area contributed by atoms with Crippen LogP contribution in [0.25, 0.3) is 0 Å². The van der Waals surface area contributed by atoms with Crippen molar-refractivity contribution in [2.24, 2.45) is 0 Å². The van der Waals surface area contributed by atoms with Gasteiger partial charge in [0.15, 0.2) is 0 Å². The number of rotatable bonds is 2. The fraction of sp³-hybridized carbons (Fsp3) is 0.500. The second kappa shape index (κ2) is 4.87. The molecule has 1 N–H and O–H groups in total. The van der Waals surface area contributed by atoms with Gasteiger partial charge in [0.2, 0.25) is 0 Å². The molecule has 1 unspecified atom stereocenters. The fourth-order valence-electron chi connectivity index (χ4n) is 2.11. The number of thiophene rings is 1. The molecule has 1 amide bonds. The van der Waals surface area contributed by atoms with Gasteiger partial charge in [-0.3, -0.25) is 4.79 Å². The van der Waals surface area contributed by atoms with Gasteiger partial charge in [0.1, 0.15) is 4.88 Å². The molecule has 1 aromatic heterocycles. The van der Waals surface area contributed by atoms with Crippen LogP contribution in [0, 0.1) is 0 Å². The number of amides is 1. The number of hydrogen-bond donors (Lipinski definition) is 1. The highest BCUT2D eigenvalue weighted by molar-refractivity contribution is 7.15. The first kappa shape index (κ1) is 12.1. The van der Waals surface area contributed by atoms with Crippen LogP contribution in [0.2, 0.25) is 0 Å². The highest BCUT2D eigenvalue weighted by atomic mass is 32.1. The van der Waals surface area contributed by atoms with Crippen molar-refractivity contribution < 1.29 is 14.7 Å².